The lowest BCUT2D eigenvalue weighted by atomic mass is 10.1. The minimum absolute atomic E-state index is 0.0675. The van der Waals surface area contributed by atoms with Gasteiger partial charge in [-0.05, 0) is 57.2 Å². The number of rotatable bonds is 6. The van der Waals surface area contributed by atoms with Crippen LogP contribution in [0.3, 0.4) is 0 Å². The number of aryl methyl sites for hydroxylation is 2. The van der Waals surface area contributed by atoms with Crippen LogP contribution in [-0.4, -0.2) is 29.1 Å². The van der Waals surface area contributed by atoms with Gasteiger partial charge in [0.05, 0.1) is 22.3 Å². The van der Waals surface area contributed by atoms with Crippen molar-refractivity contribution in [3.05, 3.63) is 71.3 Å². The molecule has 0 aliphatic carbocycles. The van der Waals surface area contributed by atoms with Crippen LogP contribution >= 0.6 is 0 Å². The van der Waals surface area contributed by atoms with Crippen LogP contribution < -0.4 is 10.0 Å². The van der Waals surface area contributed by atoms with Crippen LogP contribution in [0.2, 0.25) is 0 Å². The van der Waals surface area contributed by atoms with Crippen molar-refractivity contribution in [3.8, 4) is 0 Å². The predicted molar refractivity (Wildman–Crippen MR) is 110 cm³/mol. The predicted octanol–water partition coefficient (Wildman–Crippen LogP) is 2.72. The first-order chi connectivity index (χ1) is 13.7. The van der Waals surface area contributed by atoms with Crippen molar-refractivity contribution in [3.63, 3.8) is 0 Å². The molecule has 0 spiro atoms. The molecule has 2 aromatic heterocycles. The third-order valence-corrected chi connectivity index (χ3v) is 6.10. The zero-order valence-corrected chi connectivity index (χ0v) is 17.5. The van der Waals surface area contributed by atoms with E-state index in [-0.39, 0.29) is 16.8 Å². The zero-order chi connectivity index (χ0) is 21.2. The highest BCUT2D eigenvalue weighted by molar-refractivity contribution is 7.92. The molecule has 2 heterocycles. The van der Waals surface area contributed by atoms with Crippen LogP contribution in [0.25, 0.3) is 0 Å². The maximum atomic E-state index is 12.6. The zero-order valence-electron chi connectivity index (χ0n) is 16.7. The fourth-order valence-corrected chi connectivity index (χ4v) is 4.25. The van der Waals surface area contributed by atoms with Crippen LogP contribution in [0, 0.1) is 13.8 Å². The lowest BCUT2D eigenvalue weighted by Gasteiger charge is -2.15. The summed E-state index contributed by atoms with van der Waals surface area (Å²) >= 11 is 0. The average molecular weight is 414 g/mol. The number of sulfonamides is 1. The molecule has 2 N–H and O–H groups in total. The number of benzene rings is 1. The Morgan fingerprint density at radius 3 is 2.24 bits per heavy atom. The molecule has 29 heavy (non-hydrogen) atoms. The van der Waals surface area contributed by atoms with Gasteiger partial charge in [-0.2, -0.15) is 5.10 Å². The average Bonchev–Trinajstić information content (AvgIpc) is 2.94. The fourth-order valence-electron chi connectivity index (χ4n) is 3.19. The summed E-state index contributed by atoms with van der Waals surface area (Å²) in [6.07, 6.45) is 3.00. The Morgan fingerprint density at radius 2 is 1.69 bits per heavy atom. The van der Waals surface area contributed by atoms with Crippen molar-refractivity contribution < 1.29 is 13.2 Å². The normalized spacial score (nSPS) is 12.4. The van der Waals surface area contributed by atoms with Crippen LogP contribution in [0.4, 0.5) is 5.69 Å². The van der Waals surface area contributed by atoms with E-state index in [0.29, 0.717) is 11.3 Å². The SMILES string of the molecule is Cc1nn(C)c(C)c1C(C)NC(=O)c1ccc(S(=O)(=O)Nc2ccncc2)cc1. The molecule has 3 rings (SSSR count). The molecule has 1 amide bonds. The number of pyridine rings is 1. The van der Waals surface area contributed by atoms with Gasteiger partial charge in [0, 0.05) is 36.3 Å². The quantitative estimate of drug-likeness (QED) is 0.646. The van der Waals surface area contributed by atoms with E-state index in [1.165, 1.54) is 36.7 Å². The van der Waals surface area contributed by atoms with Crippen molar-refractivity contribution in [2.45, 2.75) is 31.7 Å². The summed E-state index contributed by atoms with van der Waals surface area (Å²) < 4.78 is 29.2. The first-order valence-corrected chi connectivity index (χ1v) is 10.5. The van der Waals surface area contributed by atoms with E-state index in [9.17, 15) is 13.2 Å². The summed E-state index contributed by atoms with van der Waals surface area (Å²) in [4.78, 5) is 16.5. The summed E-state index contributed by atoms with van der Waals surface area (Å²) in [7, 11) is -1.89. The fraction of sp³-hybridized carbons (Fsp3) is 0.250. The Morgan fingerprint density at radius 1 is 1.07 bits per heavy atom. The van der Waals surface area contributed by atoms with Gasteiger partial charge in [0.1, 0.15) is 0 Å². The van der Waals surface area contributed by atoms with E-state index >= 15 is 0 Å². The Labute approximate surface area is 170 Å². The number of hydrogen-bond acceptors (Lipinski definition) is 5. The minimum Gasteiger partial charge on any atom is -0.345 e. The second kappa shape index (κ2) is 8.04. The molecule has 3 aromatic rings. The van der Waals surface area contributed by atoms with E-state index < -0.39 is 10.0 Å². The first kappa shape index (κ1) is 20.5. The summed E-state index contributed by atoms with van der Waals surface area (Å²) in [5, 5.41) is 7.31. The lowest BCUT2D eigenvalue weighted by molar-refractivity contribution is 0.0939. The van der Waals surface area contributed by atoms with Gasteiger partial charge >= 0.3 is 0 Å². The van der Waals surface area contributed by atoms with Gasteiger partial charge in [-0.25, -0.2) is 8.42 Å². The second-order valence-electron chi connectivity index (χ2n) is 6.77. The molecule has 8 nitrogen and oxygen atoms in total. The second-order valence-corrected chi connectivity index (χ2v) is 8.45. The maximum Gasteiger partial charge on any atom is 0.261 e. The van der Waals surface area contributed by atoms with Crippen LogP contribution in [-0.2, 0) is 17.1 Å². The van der Waals surface area contributed by atoms with Gasteiger partial charge in [0.15, 0.2) is 0 Å². The van der Waals surface area contributed by atoms with Gasteiger partial charge in [-0.1, -0.05) is 0 Å². The molecule has 0 aliphatic heterocycles. The van der Waals surface area contributed by atoms with Gasteiger partial charge < -0.3 is 5.32 Å². The molecule has 0 aliphatic rings. The molecule has 1 unspecified atom stereocenters. The third kappa shape index (κ3) is 4.45. The van der Waals surface area contributed by atoms with Gasteiger partial charge in [-0.3, -0.25) is 19.2 Å². The number of amides is 1. The van der Waals surface area contributed by atoms with E-state index in [1.54, 1.807) is 16.8 Å². The van der Waals surface area contributed by atoms with E-state index in [2.05, 4.69) is 20.1 Å². The number of aromatic nitrogens is 3. The van der Waals surface area contributed by atoms with Crippen LogP contribution in [0.5, 0.6) is 0 Å². The number of nitrogens with zero attached hydrogens (tertiary/aromatic N) is 3. The van der Waals surface area contributed by atoms with Crippen molar-refractivity contribution in [2.24, 2.45) is 7.05 Å². The van der Waals surface area contributed by atoms with Crippen molar-refractivity contribution >= 4 is 21.6 Å². The van der Waals surface area contributed by atoms with Gasteiger partial charge in [0.2, 0.25) is 0 Å². The Kier molecular flexibility index (Phi) is 5.69. The minimum atomic E-state index is -3.75. The third-order valence-electron chi connectivity index (χ3n) is 4.70. The van der Waals surface area contributed by atoms with Crippen LogP contribution in [0.15, 0.2) is 53.7 Å². The van der Waals surface area contributed by atoms with E-state index in [4.69, 9.17) is 0 Å². The Hall–Kier alpha value is -3.20. The Bertz CT molecular complexity index is 1120. The highest BCUT2D eigenvalue weighted by Gasteiger charge is 2.20. The van der Waals surface area contributed by atoms with E-state index in [0.717, 1.165) is 17.0 Å². The van der Waals surface area contributed by atoms with E-state index in [1.807, 2.05) is 27.8 Å². The molecule has 0 fully saturated rings. The number of nitrogens with one attached hydrogen (secondary N) is 2. The molecule has 0 saturated heterocycles. The topological polar surface area (TPSA) is 106 Å². The lowest BCUT2D eigenvalue weighted by Crippen LogP contribution is -2.27. The highest BCUT2D eigenvalue weighted by Crippen LogP contribution is 2.21. The number of hydrogen-bond donors (Lipinski definition) is 2. The molecule has 152 valence electrons. The van der Waals surface area contributed by atoms with Gasteiger partial charge in [0.25, 0.3) is 15.9 Å². The van der Waals surface area contributed by atoms with Crippen molar-refractivity contribution in [2.75, 3.05) is 4.72 Å². The van der Waals surface area contributed by atoms with Crippen molar-refractivity contribution in [1.82, 2.24) is 20.1 Å². The molecule has 0 bridgehead atoms. The van der Waals surface area contributed by atoms with Gasteiger partial charge in [-0.15, -0.1) is 0 Å². The molecular weight excluding hydrogens is 390 g/mol. The molecule has 0 saturated carbocycles. The summed E-state index contributed by atoms with van der Waals surface area (Å²) in [6, 6.07) is 8.69. The highest BCUT2D eigenvalue weighted by atomic mass is 32.2. The molecule has 0 radical (unpaired) electrons. The first-order valence-electron chi connectivity index (χ1n) is 9.03. The number of carbonyl (C=O) groups excluding carboxylic acids is 1. The molecular formula is C20H23N5O3S. The summed E-state index contributed by atoms with van der Waals surface area (Å²) in [5.74, 6) is -0.286. The summed E-state index contributed by atoms with van der Waals surface area (Å²) in [6.45, 7) is 5.75. The standard InChI is InChI=1S/C20H23N5O3S/c1-13(19-14(2)23-25(4)15(19)3)22-20(26)16-5-7-18(8-6-16)29(27,28)24-17-9-11-21-12-10-17/h5-13H,1-4H3,(H,21,24)(H,22,26). The molecule has 9 heteroatoms. The maximum absolute atomic E-state index is 12.6. The van der Waals surface area contributed by atoms with Crippen molar-refractivity contribution in [1.29, 1.82) is 0 Å². The monoisotopic (exact) mass is 413 g/mol. The number of anilines is 1. The smallest absolute Gasteiger partial charge is 0.261 e. The summed E-state index contributed by atoms with van der Waals surface area (Å²) in [5.41, 5.74) is 3.61. The van der Waals surface area contributed by atoms with Crippen LogP contribution in [0.1, 0.15) is 40.3 Å². The molecule has 1 atom stereocenters. The Balaban J connectivity index is 1.73. The number of carbonyl (C=O) groups is 1. The largest absolute Gasteiger partial charge is 0.345 e. The molecule has 1 aromatic carbocycles.